The number of aliphatic imine (C=N–C) groups is 1. The van der Waals surface area contributed by atoms with Crippen LogP contribution in [-0.2, 0) is 12.8 Å². The molecule has 0 amide bonds. The third kappa shape index (κ3) is 5.43. The van der Waals surface area contributed by atoms with Crippen molar-refractivity contribution in [3.8, 4) is 10.6 Å². The number of guanidine groups is 1. The van der Waals surface area contributed by atoms with E-state index in [4.69, 9.17) is 5.73 Å². The van der Waals surface area contributed by atoms with Crippen LogP contribution < -0.4 is 11.1 Å². The number of aromatic nitrogens is 1. The van der Waals surface area contributed by atoms with Gasteiger partial charge in [0.25, 0.3) is 0 Å². The molecule has 1 heterocycles. The van der Waals surface area contributed by atoms with Crippen molar-refractivity contribution in [3.63, 3.8) is 0 Å². The van der Waals surface area contributed by atoms with Crippen LogP contribution in [-0.4, -0.2) is 24.0 Å². The lowest BCUT2D eigenvalue weighted by molar-refractivity contribution is 0.841. The van der Waals surface area contributed by atoms with Crippen LogP contribution in [0.5, 0.6) is 0 Å². The van der Waals surface area contributed by atoms with Crippen LogP contribution in [0.4, 0.5) is 0 Å². The van der Waals surface area contributed by atoms with E-state index in [0.29, 0.717) is 12.5 Å². The molecular formula is C20H22N4S. The molecular weight excluding hydrogens is 328 g/mol. The van der Waals surface area contributed by atoms with E-state index in [1.54, 1.807) is 11.3 Å². The van der Waals surface area contributed by atoms with Crippen molar-refractivity contribution in [1.29, 1.82) is 0 Å². The number of rotatable bonds is 7. The van der Waals surface area contributed by atoms with E-state index in [1.165, 1.54) is 5.56 Å². The van der Waals surface area contributed by atoms with Gasteiger partial charge < -0.3 is 11.1 Å². The Morgan fingerprint density at radius 1 is 1.00 bits per heavy atom. The van der Waals surface area contributed by atoms with Gasteiger partial charge in [0, 0.05) is 30.5 Å². The molecule has 1 aromatic heterocycles. The maximum absolute atomic E-state index is 5.92. The van der Waals surface area contributed by atoms with Gasteiger partial charge in [0.2, 0.25) is 0 Å². The Balaban J connectivity index is 1.42. The van der Waals surface area contributed by atoms with Gasteiger partial charge in [-0.05, 0) is 12.0 Å². The highest BCUT2D eigenvalue weighted by molar-refractivity contribution is 7.13. The lowest BCUT2D eigenvalue weighted by atomic mass is 10.1. The molecule has 0 aliphatic heterocycles. The molecule has 128 valence electrons. The zero-order chi connectivity index (χ0) is 17.3. The van der Waals surface area contributed by atoms with E-state index in [1.807, 2.05) is 36.4 Å². The molecule has 5 heteroatoms. The van der Waals surface area contributed by atoms with Crippen LogP contribution in [0.15, 0.2) is 71.0 Å². The monoisotopic (exact) mass is 350 g/mol. The summed E-state index contributed by atoms with van der Waals surface area (Å²) in [6.07, 6.45) is 1.73. The minimum atomic E-state index is 0.495. The van der Waals surface area contributed by atoms with Crippen molar-refractivity contribution in [2.24, 2.45) is 10.7 Å². The highest BCUT2D eigenvalue weighted by atomic mass is 32.1. The van der Waals surface area contributed by atoms with Crippen molar-refractivity contribution in [2.45, 2.75) is 12.8 Å². The average Bonchev–Trinajstić information content (AvgIpc) is 3.12. The van der Waals surface area contributed by atoms with Gasteiger partial charge in [-0.3, -0.25) is 4.99 Å². The Bertz CT molecular complexity index is 797. The van der Waals surface area contributed by atoms with Gasteiger partial charge in [-0.2, -0.15) is 0 Å². The van der Waals surface area contributed by atoms with Gasteiger partial charge in [-0.25, -0.2) is 4.98 Å². The third-order valence-electron chi connectivity index (χ3n) is 3.79. The van der Waals surface area contributed by atoms with Crippen LogP contribution in [0, 0.1) is 0 Å². The maximum atomic E-state index is 5.92. The Morgan fingerprint density at radius 2 is 1.72 bits per heavy atom. The molecule has 2 aromatic carbocycles. The highest BCUT2D eigenvalue weighted by Crippen LogP contribution is 2.23. The van der Waals surface area contributed by atoms with E-state index < -0.39 is 0 Å². The molecule has 25 heavy (non-hydrogen) atoms. The SMILES string of the molecule is NC(=NCCc1csc(-c2ccccc2)n1)NCCc1ccccc1. The molecule has 0 unspecified atom stereocenters. The predicted octanol–water partition coefficient (Wildman–Crippen LogP) is 3.50. The number of nitrogens with zero attached hydrogens (tertiary/aromatic N) is 2. The number of thiazole rings is 1. The minimum absolute atomic E-state index is 0.495. The topological polar surface area (TPSA) is 63.3 Å². The lowest BCUT2D eigenvalue weighted by Gasteiger charge is -2.05. The molecule has 0 spiro atoms. The Morgan fingerprint density at radius 3 is 2.48 bits per heavy atom. The van der Waals surface area contributed by atoms with Crippen LogP contribution in [0.1, 0.15) is 11.3 Å². The summed E-state index contributed by atoms with van der Waals surface area (Å²) in [5, 5.41) is 6.30. The van der Waals surface area contributed by atoms with Crippen molar-refractivity contribution < 1.29 is 0 Å². The molecule has 3 rings (SSSR count). The number of hydrogen-bond donors (Lipinski definition) is 2. The molecule has 0 aliphatic rings. The molecule has 0 aliphatic carbocycles. The second-order valence-corrected chi connectivity index (χ2v) is 6.55. The summed E-state index contributed by atoms with van der Waals surface area (Å²) in [5.74, 6) is 0.495. The Hall–Kier alpha value is -2.66. The second-order valence-electron chi connectivity index (χ2n) is 5.69. The smallest absolute Gasteiger partial charge is 0.188 e. The standard InChI is InChI=1S/C20H22N4S/c21-20(22-13-11-16-7-3-1-4-8-16)23-14-12-18-15-25-19(24-18)17-9-5-2-6-10-17/h1-10,15H,11-14H2,(H3,21,22,23). The Kier molecular flexibility index (Phi) is 6.17. The molecule has 3 aromatic rings. The van der Waals surface area contributed by atoms with E-state index in [0.717, 1.165) is 35.7 Å². The molecule has 0 saturated heterocycles. The first-order valence-electron chi connectivity index (χ1n) is 8.39. The summed E-state index contributed by atoms with van der Waals surface area (Å²) in [6, 6.07) is 20.6. The highest BCUT2D eigenvalue weighted by Gasteiger charge is 2.04. The first-order valence-corrected chi connectivity index (χ1v) is 9.27. The fraction of sp³-hybridized carbons (Fsp3) is 0.200. The summed E-state index contributed by atoms with van der Waals surface area (Å²) < 4.78 is 0. The van der Waals surface area contributed by atoms with Gasteiger partial charge in [0.1, 0.15) is 5.01 Å². The minimum Gasteiger partial charge on any atom is -0.370 e. The second kappa shape index (κ2) is 8.99. The van der Waals surface area contributed by atoms with Gasteiger partial charge in [-0.15, -0.1) is 11.3 Å². The quantitative estimate of drug-likeness (QED) is 0.506. The summed E-state index contributed by atoms with van der Waals surface area (Å²) in [7, 11) is 0. The van der Waals surface area contributed by atoms with Crippen LogP contribution in [0.3, 0.4) is 0 Å². The van der Waals surface area contributed by atoms with Gasteiger partial charge in [-0.1, -0.05) is 60.7 Å². The fourth-order valence-corrected chi connectivity index (χ4v) is 3.32. The van der Waals surface area contributed by atoms with E-state index >= 15 is 0 Å². The largest absolute Gasteiger partial charge is 0.370 e. The summed E-state index contributed by atoms with van der Waals surface area (Å²) in [4.78, 5) is 9.05. The van der Waals surface area contributed by atoms with Crippen molar-refractivity contribution in [3.05, 3.63) is 77.3 Å². The average molecular weight is 350 g/mol. The number of nitrogens with two attached hydrogens (primary N) is 1. The van der Waals surface area contributed by atoms with Gasteiger partial charge >= 0.3 is 0 Å². The summed E-state index contributed by atoms with van der Waals surface area (Å²) in [6.45, 7) is 1.43. The number of benzene rings is 2. The molecule has 3 N–H and O–H groups in total. The van der Waals surface area contributed by atoms with Crippen molar-refractivity contribution in [2.75, 3.05) is 13.1 Å². The first kappa shape index (κ1) is 17.2. The van der Waals surface area contributed by atoms with Crippen LogP contribution >= 0.6 is 11.3 Å². The van der Waals surface area contributed by atoms with Gasteiger partial charge in [0.15, 0.2) is 5.96 Å². The molecule has 0 radical (unpaired) electrons. The van der Waals surface area contributed by atoms with Crippen molar-refractivity contribution in [1.82, 2.24) is 10.3 Å². The third-order valence-corrected chi connectivity index (χ3v) is 4.73. The van der Waals surface area contributed by atoms with Crippen LogP contribution in [0.25, 0.3) is 10.6 Å². The van der Waals surface area contributed by atoms with E-state index in [2.05, 4.69) is 44.9 Å². The van der Waals surface area contributed by atoms with Crippen LogP contribution in [0.2, 0.25) is 0 Å². The zero-order valence-corrected chi connectivity index (χ0v) is 14.9. The maximum Gasteiger partial charge on any atom is 0.188 e. The number of hydrogen-bond acceptors (Lipinski definition) is 3. The fourth-order valence-electron chi connectivity index (χ4n) is 2.46. The number of nitrogens with one attached hydrogen (secondary N) is 1. The Labute approximate surface area is 152 Å². The lowest BCUT2D eigenvalue weighted by Crippen LogP contribution is -2.33. The van der Waals surface area contributed by atoms with Gasteiger partial charge in [0.05, 0.1) is 5.69 Å². The molecule has 0 saturated carbocycles. The normalized spacial score (nSPS) is 11.4. The summed E-state index contributed by atoms with van der Waals surface area (Å²) >= 11 is 1.67. The molecule has 0 bridgehead atoms. The summed E-state index contributed by atoms with van der Waals surface area (Å²) in [5.41, 5.74) is 9.43. The first-order chi connectivity index (χ1) is 12.3. The molecule has 0 fully saturated rings. The molecule has 4 nitrogen and oxygen atoms in total. The molecule has 0 atom stereocenters. The zero-order valence-electron chi connectivity index (χ0n) is 14.1. The van der Waals surface area contributed by atoms with Crippen molar-refractivity contribution >= 4 is 17.3 Å². The van der Waals surface area contributed by atoms with E-state index in [9.17, 15) is 0 Å². The van der Waals surface area contributed by atoms with E-state index in [-0.39, 0.29) is 0 Å². The predicted molar refractivity (Wildman–Crippen MR) is 106 cm³/mol.